The Hall–Kier alpha value is -2.79. The Kier molecular flexibility index (Phi) is 4.63. The summed E-state index contributed by atoms with van der Waals surface area (Å²) in [5.41, 5.74) is 1.98. The molecular weight excluding hydrogens is 380 g/mol. The summed E-state index contributed by atoms with van der Waals surface area (Å²) >= 11 is 0. The van der Waals surface area contributed by atoms with E-state index in [1.807, 2.05) is 24.5 Å². The van der Waals surface area contributed by atoms with Gasteiger partial charge >= 0.3 is 0 Å². The summed E-state index contributed by atoms with van der Waals surface area (Å²) in [5.74, 6) is 1.51. The lowest BCUT2D eigenvalue weighted by Gasteiger charge is -2.34. The van der Waals surface area contributed by atoms with Gasteiger partial charge in [-0.2, -0.15) is 4.31 Å². The third-order valence-electron chi connectivity index (χ3n) is 4.98. The van der Waals surface area contributed by atoms with Gasteiger partial charge in [-0.1, -0.05) is 0 Å². The Balaban J connectivity index is 1.50. The first-order chi connectivity index (χ1) is 13.4. The van der Waals surface area contributed by atoms with Crippen molar-refractivity contribution in [3.05, 3.63) is 42.6 Å². The van der Waals surface area contributed by atoms with Crippen LogP contribution in [0.2, 0.25) is 0 Å². The lowest BCUT2D eigenvalue weighted by Crippen LogP contribution is -2.49. The molecule has 1 saturated heterocycles. The van der Waals surface area contributed by atoms with Gasteiger partial charge in [-0.05, 0) is 13.8 Å². The topological polar surface area (TPSA) is 102 Å². The Labute approximate surface area is 163 Å². The van der Waals surface area contributed by atoms with Crippen molar-refractivity contribution in [1.29, 1.82) is 0 Å². The minimum Gasteiger partial charge on any atom is -0.354 e. The molecule has 0 N–H and O–H groups in total. The van der Waals surface area contributed by atoms with Crippen LogP contribution in [0.1, 0.15) is 11.4 Å². The van der Waals surface area contributed by atoms with Gasteiger partial charge in [-0.3, -0.25) is 4.57 Å². The molecule has 0 bridgehead atoms. The predicted molar refractivity (Wildman–Crippen MR) is 103 cm³/mol. The van der Waals surface area contributed by atoms with Crippen molar-refractivity contribution in [2.45, 2.75) is 18.9 Å². The predicted octanol–water partition coefficient (Wildman–Crippen LogP) is 0.524. The molecule has 0 unspecified atom stereocenters. The number of hydrogen-bond acceptors (Lipinski definition) is 7. The molecule has 0 amide bonds. The van der Waals surface area contributed by atoms with Crippen molar-refractivity contribution in [2.75, 3.05) is 31.1 Å². The quantitative estimate of drug-likeness (QED) is 0.627. The molecule has 10 nitrogen and oxygen atoms in total. The SMILES string of the molecule is Cc1ncn(-c2cc(N3CCN(S(=O)(=O)c4cn(C)cn4)CC3)ncn2)c1C. The third-order valence-corrected chi connectivity index (χ3v) is 6.77. The average Bonchev–Trinajstić information content (AvgIpc) is 3.28. The van der Waals surface area contributed by atoms with E-state index in [4.69, 9.17) is 0 Å². The summed E-state index contributed by atoms with van der Waals surface area (Å²) < 4.78 is 30.5. The molecular formula is C17H22N8O2S. The zero-order valence-corrected chi connectivity index (χ0v) is 16.8. The van der Waals surface area contributed by atoms with Crippen LogP contribution in [-0.2, 0) is 17.1 Å². The molecule has 4 rings (SSSR count). The highest BCUT2D eigenvalue weighted by molar-refractivity contribution is 7.89. The molecule has 3 aromatic rings. The van der Waals surface area contributed by atoms with Gasteiger partial charge in [0.2, 0.25) is 0 Å². The fourth-order valence-electron chi connectivity index (χ4n) is 3.18. The van der Waals surface area contributed by atoms with Crippen LogP contribution in [0, 0.1) is 13.8 Å². The van der Waals surface area contributed by atoms with E-state index in [-0.39, 0.29) is 5.03 Å². The lowest BCUT2D eigenvalue weighted by molar-refractivity contribution is 0.382. The van der Waals surface area contributed by atoms with Gasteiger partial charge in [0.25, 0.3) is 10.0 Å². The zero-order chi connectivity index (χ0) is 19.9. The van der Waals surface area contributed by atoms with Gasteiger partial charge < -0.3 is 9.47 Å². The summed E-state index contributed by atoms with van der Waals surface area (Å²) in [4.78, 5) is 19.1. The highest BCUT2D eigenvalue weighted by Gasteiger charge is 2.30. The molecule has 1 aliphatic rings. The fraction of sp³-hybridized carbons (Fsp3) is 0.412. The van der Waals surface area contributed by atoms with E-state index < -0.39 is 10.0 Å². The maximum absolute atomic E-state index is 12.7. The molecule has 1 aliphatic heterocycles. The second-order valence-electron chi connectivity index (χ2n) is 6.79. The molecule has 0 radical (unpaired) electrons. The number of aromatic nitrogens is 6. The molecule has 0 aliphatic carbocycles. The van der Waals surface area contributed by atoms with Crippen molar-refractivity contribution in [2.24, 2.45) is 7.05 Å². The number of imidazole rings is 2. The maximum Gasteiger partial charge on any atom is 0.262 e. The Morgan fingerprint density at radius 1 is 0.929 bits per heavy atom. The van der Waals surface area contributed by atoms with E-state index in [1.165, 1.54) is 23.2 Å². The number of nitrogens with zero attached hydrogens (tertiary/aromatic N) is 8. The largest absolute Gasteiger partial charge is 0.354 e. The van der Waals surface area contributed by atoms with Crippen LogP contribution in [0.15, 0.2) is 36.3 Å². The van der Waals surface area contributed by atoms with E-state index in [0.717, 1.165) is 23.0 Å². The van der Waals surface area contributed by atoms with Gasteiger partial charge in [-0.25, -0.2) is 28.4 Å². The van der Waals surface area contributed by atoms with Crippen LogP contribution in [0.25, 0.3) is 5.82 Å². The maximum atomic E-state index is 12.7. The van der Waals surface area contributed by atoms with Gasteiger partial charge in [0.1, 0.15) is 24.3 Å². The molecule has 0 saturated carbocycles. The number of aryl methyl sites for hydroxylation is 2. The van der Waals surface area contributed by atoms with Crippen LogP contribution < -0.4 is 4.90 Å². The normalized spacial score (nSPS) is 15.9. The summed E-state index contributed by atoms with van der Waals surface area (Å²) in [6.45, 7) is 5.79. The van der Waals surface area contributed by atoms with Crippen LogP contribution in [-0.4, -0.2) is 68.0 Å². The molecule has 0 aromatic carbocycles. The highest BCUT2D eigenvalue weighted by atomic mass is 32.2. The number of anilines is 1. The minimum absolute atomic E-state index is 0.0822. The summed E-state index contributed by atoms with van der Waals surface area (Å²) in [7, 11) is -1.82. The van der Waals surface area contributed by atoms with E-state index >= 15 is 0 Å². The van der Waals surface area contributed by atoms with Crippen molar-refractivity contribution in [1.82, 2.24) is 33.4 Å². The number of sulfonamides is 1. The molecule has 148 valence electrons. The van der Waals surface area contributed by atoms with Crippen molar-refractivity contribution < 1.29 is 8.42 Å². The molecule has 28 heavy (non-hydrogen) atoms. The Morgan fingerprint density at radius 2 is 1.64 bits per heavy atom. The number of rotatable bonds is 4. The van der Waals surface area contributed by atoms with Crippen LogP contribution in [0.4, 0.5) is 5.82 Å². The lowest BCUT2D eigenvalue weighted by atomic mass is 10.3. The second-order valence-corrected chi connectivity index (χ2v) is 8.67. The molecule has 11 heteroatoms. The molecule has 1 fully saturated rings. The standard InChI is InChI=1S/C17H22N8O2S/c1-13-14(2)25(12-20-13)16-8-15(18-10-19-16)23-4-6-24(7-5-23)28(26,27)17-9-22(3)11-21-17/h8-12H,4-7H2,1-3H3. The van der Waals surface area contributed by atoms with E-state index in [0.29, 0.717) is 26.2 Å². The summed E-state index contributed by atoms with van der Waals surface area (Å²) in [6, 6.07) is 1.90. The van der Waals surface area contributed by atoms with Crippen LogP contribution in [0.5, 0.6) is 0 Å². The zero-order valence-electron chi connectivity index (χ0n) is 16.0. The van der Waals surface area contributed by atoms with Gasteiger partial charge in [0, 0.05) is 51.2 Å². The molecule has 4 heterocycles. The van der Waals surface area contributed by atoms with Crippen LogP contribution in [0.3, 0.4) is 0 Å². The van der Waals surface area contributed by atoms with E-state index in [1.54, 1.807) is 17.9 Å². The molecule has 0 atom stereocenters. The van der Waals surface area contributed by atoms with Gasteiger partial charge in [0.05, 0.1) is 12.0 Å². The van der Waals surface area contributed by atoms with Crippen LogP contribution >= 0.6 is 0 Å². The van der Waals surface area contributed by atoms with Crippen molar-refractivity contribution >= 4 is 15.8 Å². The third kappa shape index (κ3) is 3.27. The van der Waals surface area contributed by atoms with E-state index in [2.05, 4.69) is 24.8 Å². The fourth-order valence-corrected chi connectivity index (χ4v) is 4.57. The first kappa shape index (κ1) is 18.6. The Bertz CT molecular complexity index is 1100. The van der Waals surface area contributed by atoms with Crippen molar-refractivity contribution in [3.8, 4) is 5.82 Å². The first-order valence-electron chi connectivity index (χ1n) is 8.92. The summed E-state index contributed by atoms with van der Waals surface area (Å²) in [5, 5.41) is 0.0822. The number of piperazine rings is 1. The first-order valence-corrected chi connectivity index (χ1v) is 10.4. The molecule has 3 aromatic heterocycles. The number of hydrogen-bond donors (Lipinski definition) is 0. The Morgan fingerprint density at radius 3 is 2.25 bits per heavy atom. The molecule has 0 spiro atoms. The monoisotopic (exact) mass is 402 g/mol. The van der Waals surface area contributed by atoms with Crippen molar-refractivity contribution in [3.63, 3.8) is 0 Å². The minimum atomic E-state index is -3.57. The highest BCUT2D eigenvalue weighted by Crippen LogP contribution is 2.20. The average molecular weight is 402 g/mol. The van der Waals surface area contributed by atoms with E-state index in [9.17, 15) is 8.42 Å². The second kappa shape index (κ2) is 6.99. The van der Waals surface area contributed by atoms with Gasteiger partial charge in [-0.15, -0.1) is 0 Å². The summed E-state index contributed by atoms with van der Waals surface area (Å²) in [6.07, 6.45) is 6.28. The van der Waals surface area contributed by atoms with Gasteiger partial charge in [0.15, 0.2) is 5.03 Å². The smallest absolute Gasteiger partial charge is 0.262 e.